The smallest absolute Gasteiger partial charge is 0.263 e. The van der Waals surface area contributed by atoms with Crippen molar-refractivity contribution in [3.63, 3.8) is 0 Å². The van der Waals surface area contributed by atoms with Crippen LogP contribution in [-0.4, -0.2) is 15.2 Å². The van der Waals surface area contributed by atoms with E-state index in [1.165, 1.54) is 11.8 Å². The maximum Gasteiger partial charge on any atom is 0.263 e. The molecule has 4 nitrogen and oxygen atoms in total. The minimum atomic E-state index is -0.132. The van der Waals surface area contributed by atoms with E-state index >= 15 is 0 Å². The Labute approximate surface area is 145 Å². The molecule has 0 spiro atoms. The molecule has 114 valence electrons. The van der Waals surface area contributed by atoms with E-state index in [0.29, 0.717) is 9.23 Å². The van der Waals surface area contributed by atoms with Crippen LogP contribution in [0.3, 0.4) is 0 Å². The number of anilines is 1. The molecular weight excluding hydrogens is 346 g/mol. The molecule has 0 saturated carbocycles. The average molecular weight is 357 g/mol. The van der Waals surface area contributed by atoms with Crippen molar-refractivity contribution in [3.8, 4) is 11.1 Å². The third-order valence-corrected chi connectivity index (χ3v) is 5.60. The Bertz CT molecular complexity index is 984. The minimum absolute atomic E-state index is 0.132. The van der Waals surface area contributed by atoms with Crippen molar-refractivity contribution in [1.82, 2.24) is 10.3 Å². The molecule has 23 heavy (non-hydrogen) atoms. The molecule has 0 aliphatic carbocycles. The van der Waals surface area contributed by atoms with Gasteiger partial charge < -0.3 is 16.0 Å². The van der Waals surface area contributed by atoms with Crippen LogP contribution in [0.4, 0.5) is 5.69 Å². The molecule has 1 aliphatic heterocycles. The van der Waals surface area contributed by atoms with Crippen LogP contribution < -0.4 is 11.1 Å². The van der Waals surface area contributed by atoms with Gasteiger partial charge in [-0.15, -0.1) is 11.3 Å². The highest BCUT2D eigenvalue weighted by molar-refractivity contribution is 8.26. The first-order chi connectivity index (χ1) is 11.1. The maximum absolute atomic E-state index is 11.7. The molecule has 3 heterocycles. The number of amides is 1. The number of hydrogen-bond acceptors (Lipinski definition) is 5. The largest absolute Gasteiger partial charge is 0.397 e. The lowest BCUT2D eigenvalue weighted by Gasteiger charge is -2.02. The van der Waals surface area contributed by atoms with E-state index in [0.717, 1.165) is 32.6 Å². The van der Waals surface area contributed by atoms with Crippen molar-refractivity contribution in [1.29, 1.82) is 0 Å². The Hall–Kier alpha value is -2.09. The van der Waals surface area contributed by atoms with Gasteiger partial charge in [0.15, 0.2) is 0 Å². The van der Waals surface area contributed by atoms with Gasteiger partial charge in [-0.25, -0.2) is 0 Å². The normalized spacial score (nSPS) is 16.4. The van der Waals surface area contributed by atoms with Crippen LogP contribution in [0.1, 0.15) is 4.88 Å². The van der Waals surface area contributed by atoms with Crippen molar-refractivity contribution < 1.29 is 4.79 Å². The molecule has 1 saturated heterocycles. The molecular formula is C16H11N3OS3. The van der Waals surface area contributed by atoms with E-state index in [2.05, 4.69) is 27.8 Å². The fraction of sp³-hybridized carbons (Fsp3) is 0. The van der Waals surface area contributed by atoms with Crippen LogP contribution in [0.5, 0.6) is 0 Å². The molecule has 1 aromatic carbocycles. The molecule has 4 rings (SSSR count). The van der Waals surface area contributed by atoms with Gasteiger partial charge in [-0.05, 0) is 46.8 Å². The van der Waals surface area contributed by atoms with Crippen molar-refractivity contribution in [2.45, 2.75) is 0 Å². The first kappa shape index (κ1) is 14.5. The number of H-pyrrole nitrogens is 1. The lowest BCUT2D eigenvalue weighted by atomic mass is 10.1. The zero-order chi connectivity index (χ0) is 16.0. The van der Waals surface area contributed by atoms with Gasteiger partial charge in [0, 0.05) is 16.5 Å². The van der Waals surface area contributed by atoms with E-state index in [4.69, 9.17) is 18.0 Å². The van der Waals surface area contributed by atoms with Crippen molar-refractivity contribution in [2.24, 2.45) is 0 Å². The number of aromatic amines is 1. The van der Waals surface area contributed by atoms with Gasteiger partial charge in [0.2, 0.25) is 0 Å². The number of thiophene rings is 1. The molecule has 0 atom stereocenters. The monoisotopic (exact) mass is 357 g/mol. The fourth-order valence-electron chi connectivity index (χ4n) is 2.50. The molecule has 1 fully saturated rings. The van der Waals surface area contributed by atoms with Crippen LogP contribution in [0.15, 0.2) is 40.7 Å². The molecule has 1 amide bonds. The summed E-state index contributed by atoms with van der Waals surface area (Å²) in [5.74, 6) is -0.132. The highest BCUT2D eigenvalue weighted by atomic mass is 32.2. The summed E-state index contributed by atoms with van der Waals surface area (Å²) in [6.45, 7) is 0. The van der Waals surface area contributed by atoms with E-state index < -0.39 is 0 Å². The number of nitrogens with two attached hydrogens (primary N) is 1. The highest BCUT2D eigenvalue weighted by Gasteiger charge is 2.22. The molecule has 1 aliphatic rings. The molecule has 3 aromatic rings. The number of aromatic nitrogens is 1. The number of hydrogen-bond donors (Lipinski definition) is 3. The molecule has 7 heteroatoms. The van der Waals surface area contributed by atoms with E-state index in [1.54, 1.807) is 11.3 Å². The van der Waals surface area contributed by atoms with Gasteiger partial charge in [-0.2, -0.15) is 0 Å². The van der Waals surface area contributed by atoms with Crippen LogP contribution in [-0.2, 0) is 4.79 Å². The van der Waals surface area contributed by atoms with Crippen molar-refractivity contribution >= 4 is 68.2 Å². The number of fused-ring (bicyclic) bond motifs is 1. The van der Waals surface area contributed by atoms with Gasteiger partial charge in [0.25, 0.3) is 5.91 Å². The second-order valence-corrected chi connectivity index (χ2v) is 7.76. The molecule has 0 unspecified atom stereocenters. The second-order valence-electron chi connectivity index (χ2n) is 5.10. The number of thioether (sulfide) groups is 1. The average Bonchev–Trinajstić information content (AvgIpc) is 3.20. The quantitative estimate of drug-likeness (QED) is 0.369. The Morgan fingerprint density at radius 3 is 2.87 bits per heavy atom. The van der Waals surface area contributed by atoms with Crippen LogP contribution >= 0.6 is 35.3 Å². The summed E-state index contributed by atoms with van der Waals surface area (Å²) >= 11 is 7.88. The number of thiocarbonyl (C=S) groups is 1. The molecule has 0 bridgehead atoms. The Kier molecular flexibility index (Phi) is 3.48. The number of carbonyl (C=O) groups is 1. The third kappa shape index (κ3) is 2.67. The Morgan fingerprint density at radius 2 is 2.09 bits per heavy atom. The lowest BCUT2D eigenvalue weighted by molar-refractivity contribution is -0.115. The summed E-state index contributed by atoms with van der Waals surface area (Å²) in [6, 6.07) is 8.13. The third-order valence-electron chi connectivity index (χ3n) is 3.56. The summed E-state index contributed by atoms with van der Waals surface area (Å²) < 4.78 is 0.503. The Morgan fingerprint density at radius 1 is 1.22 bits per heavy atom. The first-order valence-electron chi connectivity index (χ1n) is 6.80. The standard InChI is InChI=1S/C16H11N3OS3/c17-12-5-9(3-8-1-2-18-14(8)12)10-4-11(22-7-10)6-13-15(20)19-16(21)23-13/h1-7,18H,17H2,(H,19,20,21). The molecule has 2 aromatic heterocycles. The lowest BCUT2D eigenvalue weighted by Crippen LogP contribution is -2.17. The number of rotatable bonds is 2. The van der Waals surface area contributed by atoms with Gasteiger partial charge in [-0.1, -0.05) is 24.0 Å². The predicted octanol–water partition coefficient (Wildman–Crippen LogP) is 3.97. The fourth-order valence-corrected chi connectivity index (χ4v) is 4.46. The van der Waals surface area contributed by atoms with E-state index in [-0.39, 0.29) is 5.91 Å². The SMILES string of the molecule is Nc1cc(-c2csc(C=C3SC(=S)NC3=O)c2)cc2cc[nH]c12. The van der Waals surface area contributed by atoms with E-state index in [1.807, 2.05) is 24.4 Å². The van der Waals surface area contributed by atoms with Gasteiger partial charge >= 0.3 is 0 Å². The summed E-state index contributed by atoms with van der Waals surface area (Å²) in [4.78, 5) is 16.5. The number of nitrogen functional groups attached to an aromatic ring is 1. The topological polar surface area (TPSA) is 70.9 Å². The van der Waals surface area contributed by atoms with Crippen LogP contribution in [0.2, 0.25) is 0 Å². The highest BCUT2D eigenvalue weighted by Crippen LogP contribution is 2.33. The summed E-state index contributed by atoms with van der Waals surface area (Å²) in [5.41, 5.74) is 9.93. The van der Waals surface area contributed by atoms with Crippen molar-refractivity contribution in [2.75, 3.05) is 5.73 Å². The molecule has 4 N–H and O–H groups in total. The number of nitrogens with one attached hydrogen (secondary N) is 2. The van der Waals surface area contributed by atoms with E-state index in [9.17, 15) is 4.79 Å². The summed E-state index contributed by atoms with van der Waals surface area (Å²) in [6.07, 6.45) is 3.75. The first-order valence-corrected chi connectivity index (χ1v) is 8.91. The second kappa shape index (κ2) is 5.52. The summed E-state index contributed by atoms with van der Waals surface area (Å²) in [7, 11) is 0. The number of carbonyl (C=O) groups excluding carboxylic acids is 1. The summed E-state index contributed by atoms with van der Waals surface area (Å²) in [5, 5.41) is 5.77. The zero-order valence-corrected chi connectivity index (χ0v) is 14.2. The van der Waals surface area contributed by atoms with Gasteiger partial charge in [0.05, 0.1) is 16.1 Å². The van der Waals surface area contributed by atoms with Gasteiger partial charge in [-0.3, -0.25) is 4.79 Å². The number of benzene rings is 1. The predicted molar refractivity (Wildman–Crippen MR) is 102 cm³/mol. The van der Waals surface area contributed by atoms with Crippen molar-refractivity contribution in [3.05, 3.63) is 45.6 Å². The van der Waals surface area contributed by atoms with Gasteiger partial charge in [0.1, 0.15) is 4.32 Å². The van der Waals surface area contributed by atoms with Crippen LogP contribution in [0, 0.1) is 0 Å². The maximum atomic E-state index is 11.7. The minimum Gasteiger partial charge on any atom is -0.397 e. The zero-order valence-electron chi connectivity index (χ0n) is 11.8. The molecule has 0 radical (unpaired) electrons. The van der Waals surface area contributed by atoms with Crippen LogP contribution in [0.25, 0.3) is 28.1 Å². The Balaban J connectivity index is 1.71.